The molecule has 0 atom stereocenters. The molecule has 2 aromatic rings. The summed E-state index contributed by atoms with van der Waals surface area (Å²) in [7, 11) is 0. The van der Waals surface area contributed by atoms with E-state index in [1.165, 1.54) is 5.56 Å². The first kappa shape index (κ1) is 10.6. The van der Waals surface area contributed by atoms with Gasteiger partial charge in [0.2, 0.25) is 0 Å². The van der Waals surface area contributed by atoms with E-state index in [2.05, 4.69) is 31.1 Å². The lowest BCUT2D eigenvalue weighted by molar-refractivity contribution is 0.968. The maximum atomic E-state index is 5.61. The molecule has 1 aromatic heterocycles. The number of aromatic amines is 1. The summed E-state index contributed by atoms with van der Waals surface area (Å²) in [6, 6.07) is 8.11. The zero-order chi connectivity index (χ0) is 10.7. The number of hydrogen-bond acceptors (Lipinski definition) is 2. The molecule has 3 nitrogen and oxygen atoms in total. The van der Waals surface area contributed by atoms with Crippen LogP contribution < -0.4 is 0 Å². The Balaban J connectivity index is 2.11. The van der Waals surface area contributed by atoms with E-state index in [-0.39, 0.29) is 0 Å². The summed E-state index contributed by atoms with van der Waals surface area (Å²) in [5.74, 6) is 1.83. The highest BCUT2D eigenvalue weighted by molar-refractivity contribution is 9.10. The quantitative estimate of drug-likeness (QED) is 0.882. The van der Waals surface area contributed by atoms with E-state index in [9.17, 15) is 0 Å². The van der Waals surface area contributed by atoms with E-state index in [0.717, 1.165) is 16.7 Å². The molecule has 2 rings (SSSR count). The molecule has 15 heavy (non-hydrogen) atoms. The predicted molar refractivity (Wildman–Crippen MR) is 62.9 cm³/mol. The average molecular weight is 287 g/mol. The zero-order valence-electron chi connectivity index (χ0n) is 7.87. The van der Waals surface area contributed by atoms with Crippen LogP contribution in [-0.2, 0) is 12.3 Å². The highest BCUT2D eigenvalue weighted by Gasteiger charge is 2.02. The second kappa shape index (κ2) is 4.77. The van der Waals surface area contributed by atoms with Crippen molar-refractivity contribution >= 4 is 27.5 Å². The van der Waals surface area contributed by atoms with Gasteiger partial charge in [0, 0.05) is 10.9 Å². The number of nitrogens with zero attached hydrogens (tertiary/aromatic N) is 2. The van der Waals surface area contributed by atoms with Crippen LogP contribution in [0, 0.1) is 0 Å². The van der Waals surface area contributed by atoms with Gasteiger partial charge >= 0.3 is 0 Å². The molecular weight excluding hydrogens is 277 g/mol. The molecule has 5 heteroatoms. The first-order chi connectivity index (χ1) is 7.28. The molecule has 0 radical (unpaired) electrons. The van der Waals surface area contributed by atoms with E-state index in [1.807, 2.05) is 24.3 Å². The topological polar surface area (TPSA) is 41.6 Å². The number of benzene rings is 1. The van der Waals surface area contributed by atoms with Crippen molar-refractivity contribution in [1.82, 2.24) is 15.2 Å². The number of H-pyrrole nitrogens is 1. The smallest absolute Gasteiger partial charge is 0.165 e. The first-order valence-electron chi connectivity index (χ1n) is 4.48. The van der Waals surface area contributed by atoms with E-state index >= 15 is 0 Å². The maximum absolute atomic E-state index is 5.61. The fourth-order valence-electron chi connectivity index (χ4n) is 1.27. The monoisotopic (exact) mass is 285 g/mol. The average Bonchev–Trinajstić information content (AvgIpc) is 2.69. The maximum Gasteiger partial charge on any atom is 0.165 e. The summed E-state index contributed by atoms with van der Waals surface area (Å²) in [6.07, 6.45) is 0.747. The number of rotatable bonds is 3. The van der Waals surface area contributed by atoms with Crippen molar-refractivity contribution < 1.29 is 0 Å². The summed E-state index contributed by atoms with van der Waals surface area (Å²) in [4.78, 5) is 4.24. The van der Waals surface area contributed by atoms with Gasteiger partial charge in [-0.25, -0.2) is 4.98 Å². The van der Waals surface area contributed by atoms with Crippen molar-refractivity contribution in [2.24, 2.45) is 0 Å². The largest absolute Gasteiger partial charge is 0.263 e. The first-order valence-corrected chi connectivity index (χ1v) is 5.81. The Kier molecular flexibility index (Phi) is 3.38. The van der Waals surface area contributed by atoms with Crippen LogP contribution in [0.4, 0.5) is 0 Å². The van der Waals surface area contributed by atoms with Crippen LogP contribution in [0.2, 0.25) is 0 Å². The highest BCUT2D eigenvalue weighted by Crippen LogP contribution is 2.12. The molecule has 0 aliphatic rings. The molecule has 1 N–H and O–H groups in total. The van der Waals surface area contributed by atoms with E-state index in [1.54, 1.807) is 0 Å². The molecule has 1 heterocycles. The number of aromatic nitrogens is 3. The Labute approximate surface area is 101 Å². The number of alkyl halides is 1. The molecular formula is C10H9BrClN3. The Hall–Kier alpha value is -0.870. The van der Waals surface area contributed by atoms with Gasteiger partial charge in [0.1, 0.15) is 5.82 Å². The molecule has 0 unspecified atom stereocenters. The lowest BCUT2D eigenvalue weighted by Crippen LogP contribution is -1.90. The Morgan fingerprint density at radius 3 is 2.60 bits per heavy atom. The summed E-state index contributed by atoms with van der Waals surface area (Å²) in [5, 5.41) is 6.83. The lowest BCUT2D eigenvalue weighted by Gasteiger charge is -1.97. The highest BCUT2D eigenvalue weighted by atomic mass is 79.9. The van der Waals surface area contributed by atoms with E-state index in [0.29, 0.717) is 11.7 Å². The molecule has 0 bridgehead atoms. The molecule has 78 valence electrons. The molecule has 1 aromatic carbocycles. The Morgan fingerprint density at radius 2 is 2.00 bits per heavy atom. The molecule has 0 saturated carbocycles. The Morgan fingerprint density at radius 1 is 1.27 bits per heavy atom. The van der Waals surface area contributed by atoms with Gasteiger partial charge in [-0.3, -0.25) is 5.10 Å². The fourth-order valence-corrected chi connectivity index (χ4v) is 1.65. The van der Waals surface area contributed by atoms with Crippen LogP contribution in [-0.4, -0.2) is 15.2 Å². The lowest BCUT2D eigenvalue weighted by atomic mass is 10.1. The van der Waals surface area contributed by atoms with Crippen molar-refractivity contribution in [3.05, 3.63) is 46.0 Å². The minimum Gasteiger partial charge on any atom is -0.263 e. The summed E-state index contributed by atoms with van der Waals surface area (Å²) < 4.78 is 1.07. The second-order valence-electron chi connectivity index (χ2n) is 3.14. The molecule has 0 saturated heterocycles. The van der Waals surface area contributed by atoms with Crippen molar-refractivity contribution in [1.29, 1.82) is 0 Å². The van der Waals surface area contributed by atoms with Gasteiger partial charge in [-0.15, -0.1) is 11.6 Å². The normalized spacial score (nSPS) is 10.5. The molecule has 0 aliphatic heterocycles. The summed E-state index contributed by atoms with van der Waals surface area (Å²) in [5.41, 5.74) is 1.19. The number of halogens is 2. The summed E-state index contributed by atoms with van der Waals surface area (Å²) >= 11 is 9.01. The van der Waals surface area contributed by atoms with Crippen molar-refractivity contribution in [3.8, 4) is 0 Å². The minimum absolute atomic E-state index is 0.344. The van der Waals surface area contributed by atoms with Crippen molar-refractivity contribution in [3.63, 3.8) is 0 Å². The second-order valence-corrected chi connectivity index (χ2v) is 4.32. The van der Waals surface area contributed by atoms with Crippen LogP contribution in [0.3, 0.4) is 0 Å². The van der Waals surface area contributed by atoms with E-state index in [4.69, 9.17) is 11.6 Å². The third kappa shape index (κ3) is 2.79. The van der Waals surface area contributed by atoms with Gasteiger partial charge in [-0.2, -0.15) is 5.10 Å². The number of hydrogen-bond donors (Lipinski definition) is 1. The van der Waals surface area contributed by atoms with Gasteiger partial charge in [0.15, 0.2) is 5.82 Å². The Bertz CT molecular complexity index is 438. The van der Waals surface area contributed by atoms with E-state index < -0.39 is 0 Å². The van der Waals surface area contributed by atoms with Crippen LogP contribution >= 0.6 is 27.5 Å². The standard InChI is InChI=1S/C10H9BrClN3/c11-8-3-1-7(2-4-8)5-9-13-10(6-12)15-14-9/h1-4H,5-6H2,(H,13,14,15). The van der Waals surface area contributed by atoms with Gasteiger partial charge in [-0.1, -0.05) is 28.1 Å². The van der Waals surface area contributed by atoms with Crippen LogP contribution in [0.15, 0.2) is 28.7 Å². The van der Waals surface area contributed by atoms with Gasteiger partial charge in [-0.05, 0) is 17.7 Å². The number of nitrogens with one attached hydrogen (secondary N) is 1. The predicted octanol–water partition coefficient (Wildman–Crippen LogP) is 2.90. The summed E-state index contributed by atoms with van der Waals surface area (Å²) in [6.45, 7) is 0. The molecule has 0 aliphatic carbocycles. The van der Waals surface area contributed by atoms with Crippen LogP contribution in [0.25, 0.3) is 0 Å². The molecule has 0 amide bonds. The van der Waals surface area contributed by atoms with Crippen molar-refractivity contribution in [2.75, 3.05) is 0 Å². The fraction of sp³-hybridized carbons (Fsp3) is 0.200. The molecule has 0 fully saturated rings. The van der Waals surface area contributed by atoms with Crippen LogP contribution in [0.1, 0.15) is 17.2 Å². The molecule has 0 spiro atoms. The van der Waals surface area contributed by atoms with Crippen molar-refractivity contribution in [2.45, 2.75) is 12.3 Å². The SMILES string of the molecule is ClCc1n[nH]c(Cc2ccc(Br)cc2)n1. The third-order valence-electron chi connectivity index (χ3n) is 1.98. The zero-order valence-corrected chi connectivity index (χ0v) is 10.2. The van der Waals surface area contributed by atoms with Gasteiger partial charge < -0.3 is 0 Å². The third-order valence-corrected chi connectivity index (χ3v) is 2.75. The van der Waals surface area contributed by atoms with Gasteiger partial charge in [0.05, 0.1) is 5.88 Å². The van der Waals surface area contributed by atoms with Gasteiger partial charge in [0.25, 0.3) is 0 Å². The minimum atomic E-state index is 0.344. The van der Waals surface area contributed by atoms with Crippen LogP contribution in [0.5, 0.6) is 0 Å².